The minimum absolute atomic E-state index is 0.204. The average molecular weight is 585 g/mol. The Kier molecular flexibility index (Phi) is 9.04. The Morgan fingerprint density at radius 2 is 1.34 bits per heavy atom. The molecule has 0 aliphatic carbocycles. The molecule has 1 saturated heterocycles. The van der Waals surface area contributed by atoms with Gasteiger partial charge < -0.3 is 34.3 Å². The molecule has 0 aromatic heterocycles. The van der Waals surface area contributed by atoms with Gasteiger partial charge in [0, 0.05) is 22.5 Å². The zero-order valence-electron chi connectivity index (χ0n) is 23.1. The normalized spacial score (nSPS) is 17.4. The highest BCUT2D eigenvalue weighted by Crippen LogP contribution is 2.31. The van der Waals surface area contributed by atoms with Crippen molar-refractivity contribution in [3.05, 3.63) is 71.8 Å². The summed E-state index contributed by atoms with van der Waals surface area (Å²) in [6.07, 6.45) is -1.18. The number of hydrogen-bond acceptors (Lipinski definition) is 10. The fourth-order valence-electron chi connectivity index (χ4n) is 4.68. The first-order valence-electron chi connectivity index (χ1n) is 12.6. The lowest BCUT2D eigenvalue weighted by Gasteiger charge is -2.32. The van der Waals surface area contributed by atoms with E-state index in [0.29, 0.717) is 45.5 Å². The van der Waals surface area contributed by atoms with Gasteiger partial charge in [-0.3, -0.25) is 9.59 Å². The molecule has 41 heavy (non-hydrogen) atoms. The highest BCUT2D eigenvalue weighted by molar-refractivity contribution is 7.91. The third-order valence-electron chi connectivity index (χ3n) is 6.82. The molecule has 1 fully saturated rings. The molecule has 12 heteroatoms. The van der Waals surface area contributed by atoms with E-state index in [-0.39, 0.29) is 24.0 Å². The molecular formula is C29H32N2O9S. The zero-order valence-corrected chi connectivity index (χ0v) is 23.9. The first kappa shape index (κ1) is 29.7. The number of aliphatic hydroxyl groups excluding tert-OH is 1. The van der Waals surface area contributed by atoms with Crippen molar-refractivity contribution in [2.24, 2.45) is 0 Å². The van der Waals surface area contributed by atoms with E-state index in [9.17, 15) is 23.1 Å². The number of benzene rings is 3. The monoisotopic (exact) mass is 584 g/mol. The molecule has 0 saturated carbocycles. The van der Waals surface area contributed by atoms with E-state index in [1.54, 1.807) is 65.6 Å². The number of ketones is 1. The Morgan fingerprint density at radius 1 is 0.805 bits per heavy atom. The fourth-order valence-corrected chi connectivity index (χ4v) is 6.48. The molecule has 2 N–H and O–H groups in total. The maximum atomic E-state index is 13.3. The van der Waals surface area contributed by atoms with Gasteiger partial charge in [0.2, 0.25) is 0 Å². The van der Waals surface area contributed by atoms with Crippen LogP contribution in [0.25, 0.3) is 0 Å². The first-order valence-corrected chi connectivity index (χ1v) is 14.4. The largest absolute Gasteiger partial charge is 0.493 e. The summed E-state index contributed by atoms with van der Waals surface area (Å²) in [6, 6.07) is 15.3. The summed E-state index contributed by atoms with van der Waals surface area (Å²) in [5, 5.41) is 13.4. The second-order valence-electron chi connectivity index (χ2n) is 9.40. The van der Waals surface area contributed by atoms with Crippen molar-refractivity contribution in [2.75, 3.05) is 56.7 Å². The fraction of sp³-hybridized carbons (Fsp3) is 0.310. The predicted octanol–water partition coefficient (Wildman–Crippen LogP) is 2.82. The Hall–Kier alpha value is -4.29. The van der Waals surface area contributed by atoms with Crippen LogP contribution in [-0.2, 0) is 9.84 Å². The van der Waals surface area contributed by atoms with Crippen molar-refractivity contribution in [1.29, 1.82) is 0 Å². The number of Topliss-reactive ketones (excluding diaryl/α,β-unsaturated/α-hetero) is 1. The highest BCUT2D eigenvalue weighted by atomic mass is 32.2. The number of rotatable bonds is 11. The molecule has 218 valence electrons. The van der Waals surface area contributed by atoms with Crippen LogP contribution in [0.2, 0.25) is 0 Å². The molecule has 4 rings (SSSR count). The summed E-state index contributed by atoms with van der Waals surface area (Å²) in [4.78, 5) is 27.8. The second-order valence-corrected chi connectivity index (χ2v) is 11.6. The van der Waals surface area contributed by atoms with Gasteiger partial charge in [0.1, 0.15) is 0 Å². The number of carbonyl (C=O) groups is 2. The maximum absolute atomic E-state index is 13.3. The number of hydrogen-bond donors (Lipinski definition) is 2. The molecule has 11 nitrogen and oxygen atoms in total. The van der Waals surface area contributed by atoms with Crippen LogP contribution in [-0.4, -0.2) is 83.9 Å². The quantitative estimate of drug-likeness (QED) is 0.323. The zero-order chi connectivity index (χ0) is 29.7. The van der Waals surface area contributed by atoms with Crippen LogP contribution < -0.4 is 29.2 Å². The van der Waals surface area contributed by atoms with Crippen LogP contribution in [0.4, 0.5) is 11.4 Å². The topological polar surface area (TPSA) is 141 Å². The van der Waals surface area contributed by atoms with E-state index >= 15 is 0 Å². The minimum atomic E-state index is -3.50. The third-order valence-corrected chi connectivity index (χ3v) is 8.51. The van der Waals surface area contributed by atoms with Gasteiger partial charge in [-0.1, -0.05) is 0 Å². The number of nitrogens with zero attached hydrogens (tertiary/aromatic N) is 1. The molecule has 1 aliphatic rings. The number of carbonyl (C=O) groups excluding carboxylic acids is 2. The molecule has 0 radical (unpaired) electrons. The van der Waals surface area contributed by atoms with Gasteiger partial charge in [0.15, 0.2) is 38.6 Å². The van der Waals surface area contributed by atoms with Crippen LogP contribution >= 0.6 is 0 Å². The van der Waals surface area contributed by atoms with Gasteiger partial charge in [-0.2, -0.15) is 0 Å². The number of sulfone groups is 1. The standard InChI is InChI=1S/C29H32N2O9S/c1-37-25-11-5-18(13-27(25)39-3)23(32)15-31(22-16-41(35,36)17-24(22)33)21-9-7-20(8-10-21)30-29(34)19-6-12-26(38-2)28(14-19)40-4/h5-14,22,24,33H,15-17H2,1-4H3,(H,30,34)/t22-,24-/m1/s1. The Labute approximate surface area is 238 Å². The Balaban J connectivity index is 1.58. The van der Waals surface area contributed by atoms with Crippen LogP contribution in [0.15, 0.2) is 60.7 Å². The number of ether oxygens (including phenoxy) is 4. The van der Waals surface area contributed by atoms with Crippen molar-refractivity contribution in [1.82, 2.24) is 0 Å². The van der Waals surface area contributed by atoms with Crippen LogP contribution in [0.5, 0.6) is 23.0 Å². The SMILES string of the molecule is COc1ccc(C(=O)CN(c2ccc(NC(=O)c3ccc(OC)c(OC)c3)cc2)[C@@H]2CS(=O)(=O)C[C@H]2O)cc1OC. The maximum Gasteiger partial charge on any atom is 0.255 e. The lowest BCUT2D eigenvalue weighted by atomic mass is 10.1. The van der Waals surface area contributed by atoms with E-state index in [1.807, 2.05) is 0 Å². The number of anilines is 2. The Morgan fingerprint density at radius 3 is 1.85 bits per heavy atom. The third kappa shape index (κ3) is 6.72. The van der Waals surface area contributed by atoms with E-state index < -0.39 is 27.7 Å². The summed E-state index contributed by atoms with van der Waals surface area (Å²) in [7, 11) is 2.43. The summed E-state index contributed by atoms with van der Waals surface area (Å²) in [5.41, 5.74) is 1.67. The first-order chi connectivity index (χ1) is 19.6. The molecular weight excluding hydrogens is 552 g/mol. The molecule has 3 aromatic rings. The molecule has 0 unspecified atom stereocenters. The van der Waals surface area contributed by atoms with Crippen molar-refractivity contribution in [3.8, 4) is 23.0 Å². The minimum Gasteiger partial charge on any atom is -0.493 e. The molecule has 3 aromatic carbocycles. The van der Waals surface area contributed by atoms with E-state index in [0.717, 1.165) is 0 Å². The molecule has 1 amide bonds. The summed E-state index contributed by atoms with van der Waals surface area (Å²) >= 11 is 0. The van der Waals surface area contributed by atoms with Crippen molar-refractivity contribution < 1.29 is 42.1 Å². The summed E-state index contributed by atoms with van der Waals surface area (Å²) in [5.74, 6) is 0.364. The van der Waals surface area contributed by atoms with Crippen molar-refractivity contribution >= 4 is 32.9 Å². The van der Waals surface area contributed by atoms with Crippen molar-refractivity contribution in [2.45, 2.75) is 12.1 Å². The van der Waals surface area contributed by atoms with Crippen molar-refractivity contribution in [3.63, 3.8) is 0 Å². The number of amides is 1. The highest BCUT2D eigenvalue weighted by Gasteiger charge is 2.41. The van der Waals surface area contributed by atoms with Gasteiger partial charge in [-0.25, -0.2) is 8.42 Å². The van der Waals surface area contributed by atoms with Crippen LogP contribution in [0.1, 0.15) is 20.7 Å². The van der Waals surface area contributed by atoms with Gasteiger partial charge in [-0.05, 0) is 60.7 Å². The van der Waals surface area contributed by atoms with Gasteiger partial charge in [0.05, 0.1) is 58.6 Å². The lowest BCUT2D eigenvalue weighted by Crippen LogP contribution is -2.46. The lowest BCUT2D eigenvalue weighted by molar-refractivity contribution is 0.0988. The Bertz CT molecular complexity index is 1520. The van der Waals surface area contributed by atoms with Gasteiger partial charge >= 0.3 is 0 Å². The van der Waals surface area contributed by atoms with E-state index in [2.05, 4.69) is 5.32 Å². The second kappa shape index (κ2) is 12.5. The molecule has 0 bridgehead atoms. The number of nitrogens with one attached hydrogen (secondary N) is 1. The molecule has 1 heterocycles. The van der Waals surface area contributed by atoms with Gasteiger partial charge in [0.25, 0.3) is 5.91 Å². The smallest absolute Gasteiger partial charge is 0.255 e. The van der Waals surface area contributed by atoms with Crippen LogP contribution in [0.3, 0.4) is 0 Å². The van der Waals surface area contributed by atoms with Gasteiger partial charge in [-0.15, -0.1) is 0 Å². The number of methoxy groups -OCH3 is 4. The molecule has 0 spiro atoms. The predicted molar refractivity (Wildman–Crippen MR) is 154 cm³/mol. The molecule has 1 aliphatic heterocycles. The molecule has 2 atom stereocenters. The van der Waals surface area contributed by atoms with Crippen LogP contribution in [0, 0.1) is 0 Å². The van der Waals surface area contributed by atoms with E-state index in [1.165, 1.54) is 28.4 Å². The van der Waals surface area contributed by atoms with E-state index in [4.69, 9.17) is 18.9 Å². The summed E-state index contributed by atoms with van der Waals surface area (Å²) in [6.45, 7) is -0.204. The average Bonchev–Trinajstić information content (AvgIpc) is 3.26. The summed E-state index contributed by atoms with van der Waals surface area (Å²) < 4.78 is 45.7. The number of aliphatic hydroxyl groups is 1.